The maximum atomic E-state index is 12.6. The third-order valence-corrected chi connectivity index (χ3v) is 2.76. The molecule has 20 heavy (non-hydrogen) atoms. The van der Waals surface area contributed by atoms with Crippen LogP contribution >= 0.6 is 24.0 Å². The van der Waals surface area contributed by atoms with E-state index in [0.29, 0.717) is 0 Å². The van der Waals surface area contributed by atoms with Crippen LogP contribution in [0.15, 0.2) is 18.2 Å². The van der Waals surface area contributed by atoms with Gasteiger partial charge in [-0.1, -0.05) is 11.6 Å². The van der Waals surface area contributed by atoms with E-state index in [2.05, 4.69) is 4.74 Å². The Morgan fingerprint density at radius 1 is 1.45 bits per heavy atom. The second-order valence-electron chi connectivity index (χ2n) is 3.85. The fraction of sp³-hybridized carbons (Fsp3) is 0.417. The fourth-order valence-corrected chi connectivity index (χ4v) is 1.77. The number of benzene rings is 1. The average Bonchev–Trinajstić information content (AvgIpc) is 2.27. The minimum atomic E-state index is -4.48. The van der Waals surface area contributed by atoms with E-state index in [1.807, 2.05) is 0 Å². The molecule has 0 amide bonds. The highest BCUT2D eigenvalue weighted by Crippen LogP contribution is 2.33. The molecule has 0 saturated carbocycles. The zero-order valence-corrected chi connectivity index (χ0v) is 12.1. The molecule has 0 radical (unpaired) electrons. The number of halogens is 5. The van der Waals surface area contributed by atoms with Crippen LogP contribution in [0.1, 0.15) is 30.5 Å². The fourth-order valence-electron chi connectivity index (χ4n) is 1.51. The average molecular weight is 332 g/mol. The van der Waals surface area contributed by atoms with Gasteiger partial charge in [0.1, 0.15) is 0 Å². The largest absolute Gasteiger partial charge is 0.466 e. The highest BCUT2D eigenvalue weighted by atomic mass is 35.5. The van der Waals surface area contributed by atoms with E-state index in [4.69, 9.17) is 17.3 Å². The number of carbonyl (C=O) groups is 1. The van der Waals surface area contributed by atoms with Gasteiger partial charge in [0.05, 0.1) is 18.6 Å². The highest BCUT2D eigenvalue weighted by molar-refractivity contribution is 6.31. The summed E-state index contributed by atoms with van der Waals surface area (Å²) in [7, 11) is 0. The third kappa shape index (κ3) is 5.19. The Morgan fingerprint density at radius 3 is 2.55 bits per heavy atom. The van der Waals surface area contributed by atoms with Crippen LogP contribution in [0.3, 0.4) is 0 Å². The summed E-state index contributed by atoms with van der Waals surface area (Å²) in [6, 6.07) is 1.90. The molecule has 0 heterocycles. The number of ether oxygens (including phenoxy) is 1. The molecule has 2 N–H and O–H groups in total. The van der Waals surface area contributed by atoms with Crippen LogP contribution < -0.4 is 5.73 Å². The maximum absolute atomic E-state index is 12.6. The van der Waals surface area contributed by atoms with E-state index in [0.717, 1.165) is 18.2 Å². The smallest absolute Gasteiger partial charge is 0.416 e. The number of hydrogen-bond donors (Lipinski definition) is 1. The SMILES string of the molecule is CCOC(=O)C[C@H](N)c1cc(C(F)(F)F)ccc1Cl.Cl. The molecule has 0 spiro atoms. The van der Waals surface area contributed by atoms with Gasteiger partial charge in [0.2, 0.25) is 0 Å². The molecule has 0 bridgehead atoms. The Kier molecular flexibility index (Phi) is 7.33. The first-order chi connectivity index (χ1) is 8.75. The molecule has 0 aliphatic heterocycles. The van der Waals surface area contributed by atoms with Crippen molar-refractivity contribution >= 4 is 30.0 Å². The first kappa shape index (κ1) is 19.0. The summed E-state index contributed by atoms with van der Waals surface area (Å²) in [6.45, 7) is 1.81. The van der Waals surface area contributed by atoms with Crippen LogP contribution in [0.5, 0.6) is 0 Å². The Morgan fingerprint density at radius 2 is 2.05 bits per heavy atom. The molecule has 3 nitrogen and oxygen atoms in total. The topological polar surface area (TPSA) is 52.3 Å². The summed E-state index contributed by atoms with van der Waals surface area (Å²) in [5.74, 6) is -0.580. The van der Waals surface area contributed by atoms with Gasteiger partial charge in [0.25, 0.3) is 0 Å². The lowest BCUT2D eigenvalue weighted by Gasteiger charge is -2.15. The van der Waals surface area contributed by atoms with E-state index in [9.17, 15) is 18.0 Å². The van der Waals surface area contributed by atoms with Gasteiger partial charge < -0.3 is 10.5 Å². The zero-order chi connectivity index (χ0) is 14.6. The molecular weight excluding hydrogens is 318 g/mol. The van der Waals surface area contributed by atoms with Gasteiger partial charge in [0, 0.05) is 11.1 Å². The Balaban J connectivity index is 0.00000361. The zero-order valence-electron chi connectivity index (χ0n) is 10.5. The van der Waals surface area contributed by atoms with Crippen molar-refractivity contribution in [2.75, 3.05) is 6.61 Å². The monoisotopic (exact) mass is 331 g/mol. The van der Waals surface area contributed by atoms with E-state index >= 15 is 0 Å². The Bertz CT molecular complexity index is 467. The normalized spacial score (nSPS) is 12.5. The molecule has 0 aliphatic rings. The van der Waals surface area contributed by atoms with Crippen molar-refractivity contribution in [3.8, 4) is 0 Å². The Hall–Kier alpha value is -0.980. The van der Waals surface area contributed by atoms with Crippen LogP contribution in [0, 0.1) is 0 Å². The summed E-state index contributed by atoms with van der Waals surface area (Å²) < 4.78 is 42.4. The van der Waals surface area contributed by atoms with Crippen molar-refractivity contribution in [2.24, 2.45) is 5.73 Å². The van der Waals surface area contributed by atoms with E-state index in [1.165, 1.54) is 0 Å². The predicted molar refractivity (Wildman–Crippen MR) is 71.9 cm³/mol. The number of nitrogens with two attached hydrogens (primary N) is 1. The summed E-state index contributed by atoms with van der Waals surface area (Å²) in [5.41, 5.74) is 4.90. The molecular formula is C12H14Cl2F3NO2. The number of carbonyl (C=O) groups excluding carboxylic acids is 1. The van der Waals surface area contributed by atoms with Crippen molar-refractivity contribution in [1.82, 2.24) is 0 Å². The van der Waals surface area contributed by atoms with Crippen LogP contribution in [0.2, 0.25) is 5.02 Å². The summed E-state index contributed by atoms with van der Waals surface area (Å²) in [5, 5.41) is 0.0878. The summed E-state index contributed by atoms with van der Waals surface area (Å²) >= 11 is 5.80. The molecule has 1 atom stereocenters. The second kappa shape index (κ2) is 7.71. The van der Waals surface area contributed by atoms with Crippen molar-refractivity contribution < 1.29 is 22.7 Å². The van der Waals surface area contributed by atoms with Gasteiger partial charge in [-0.15, -0.1) is 12.4 Å². The first-order valence-corrected chi connectivity index (χ1v) is 5.91. The molecule has 8 heteroatoms. The van der Waals surface area contributed by atoms with Gasteiger partial charge in [-0.05, 0) is 30.7 Å². The van der Waals surface area contributed by atoms with Crippen molar-refractivity contribution in [3.05, 3.63) is 34.3 Å². The number of hydrogen-bond acceptors (Lipinski definition) is 3. The molecule has 0 fully saturated rings. The predicted octanol–water partition coefficient (Wildman–Crippen LogP) is 3.73. The highest BCUT2D eigenvalue weighted by Gasteiger charge is 2.31. The van der Waals surface area contributed by atoms with E-state index in [-0.39, 0.29) is 36.0 Å². The molecule has 1 aromatic carbocycles. The maximum Gasteiger partial charge on any atom is 0.416 e. The van der Waals surface area contributed by atoms with Crippen LogP contribution in [-0.2, 0) is 15.7 Å². The molecule has 0 unspecified atom stereocenters. The van der Waals surface area contributed by atoms with Crippen molar-refractivity contribution in [3.63, 3.8) is 0 Å². The standard InChI is InChI=1S/C12H13ClF3NO2.ClH/c1-2-19-11(18)6-10(17)8-5-7(12(14,15)16)3-4-9(8)13;/h3-5,10H,2,6,17H2,1H3;1H/t10-;/m0./s1. The quantitative estimate of drug-likeness (QED) is 0.855. The van der Waals surface area contributed by atoms with Crippen molar-refractivity contribution in [1.29, 1.82) is 0 Å². The van der Waals surface area contributed by atoms with Crippen molar-refractivity contribution in [2.45, 2.75) is 25.6 Å². The lowest BCUT2D eigenvalue weighted by Crippen LogP contribution is -2.18. The molecule has 0 aliphatic carbocycles. The van der Waals surface area contributed by atoms with Gasteiger partial charge in [-0.2, -0.15) is 13.2 Å². The van der Waals surface area contributed by atoms with Crippen LogP contribution in [0.4, 0.5) is 13.2 Å². The summed E-state index contributed by atoms with van der Waals surface area (Å²) in [4.78, 5) is 11.3. The second-order valence-corrected chi connectivity index (χ2v) is 4.26. The number of rotatable bonds is 4. The molecule has 0 saturated heterocycles. The summed E-state index contributed by atoms with van der Waals surface area (Å²) in [6.07, 6.45) is -4.71. The molecule has 1 rings (SSSR count). The van der Waals surface area contributed by atoms with Gasteiger partial charge in [-0.25, -0.2) is 0 Å². The first-order valence-electron chi connectivity index (χ1n) is 5.53. The van der Waals surface area contributed by atoms with Gasteiger partial charge in [0.15, 0.2) is 0 Å². The van der Waals surface area contributed by atoms with E-state index < -0.39 is 23.8 Å². The van der Waals surface area contributed by atoms with Gasteiger partial charge >= 0.3 is 12.1 Å². The number of esters is 1. The number of alkyl halides is 3. The molecule has 0 aromatic heterocycles. The van der Waals surface area contributed by atoms with E-state index in [1.54, 1.807) is 6.92 Å². The van der Waals surface area contributed by atoms with Crippen LogP contribution in [0.25, 0.3) is 0 Å². The van der Waals surface area contributed by atoms with Crippen LogP contribution in [-0.4, -0.2) is 12.6 Å². The lowest BCUT2D eigenvalue weighted by atomic mass is 10.0. The van der Waals surface area contributed by atoms with Gasteiger partial charge in [-0.3, -0.25) is 4.79 Å². The molecule has 114 valence electrons. The lowest BCUT2D eigenvalue weighted by molar-refractivity contribution is -0.143. The minimum absolute atomic E-state index is 0. The minimum Gasteiger partial charge on any atom is -0.466 e. The Labute approximate surface area is 125 Å². The third-order valence-electron chi connectivity index (χ3n) is 2.41. The molecule has 1 aromatic rings.